The molecule has 240 valence electrons. The number of rotatable bonds is 3. The molecule has 3 nitrogen and oxygen atoms in total. The Morgan fingerprint density at radius 2 is 1.25 bits per heavy atom. The van der Waals surface area contributed by atoms with E-state index in [4.69, 9.17) is 9.97 Å². The van der Waals surface area contributed by atoms with Crippen LogP contribution in [0.5, 0.6) is 0 Å². The summed E-state index contributed by atoms with van der Waals surface area (Å²) >= 11 is 1.93. The number of hydrogen-bond donors (Lipinski definition) is 0. The van der Waals surface area contributed by atoms with Crippen LogP contribution in [0.4, 0.5) is 0 Å². The van der Waals surface area contributed by atoms with Gasteiger partial charge in [0.15, 0.2) is 0 Å². The number of aromatic nitrogens is 3. The normalized spacial score (nSPS) is 13.5. The average molecular weight is 670 g/mol. The molecule has 0 radical (unpaired) electrons. The fourth-order valence-corrected chi connectivity index (χ4v) is 10.0. The van der Waals surface area contributed by atoms with Crippen molar-refractivity contribution in [1.29, 1.82) is 0 Å². The lowest BCUT2D eigenvalue weighted by atomic mass is 9.87. The summed E-state index contributed by atoms with van der Waals surface area (Å²) in [7, 11) is 0. The number of nitrogens with zero attached hydrogens (tertiary/aromatic N) is 3. The maximum Gasteiger partial charge on any atom is 0.235 e. The molecule has 0 atom stereocenters. The third-order valence-electron chi connectivity index (χ3n) is 11.0. The Labute approximate surface area is 299 Å². The van der Waals surface area contributed by atoms with Crippen LogP contribution in [0, 0.1) is 0 Å². The van der Waals surface area contributed by atoms with Gasteiger partial charge >= 0.3 is 0 Å². The van der Waals surface area contributed by atoms with Crippen LogP contribution >= 0.6 is 11.3 Å². The highest BCUT2D eigenvalue weighted by Crippen LogP contribution is 2.56. The van der Waals surface area contributed by atoms with Crippen molar-refractivity contribution in [1.82, 2.24) is 14.5 Å². The minimum atomic E-state index is -0.0831. The zero-order valence-corrected chi connectivity index (χ0v) is 29.0. The van der Waals surface area contributed by atoms with Gasteiger partial charge in [-0.25, -0.2) is 9.97 Å². The predicted octanol–water partition coefficient (Wildman–Crippen LogP) is 12.7. The molecular formula is C47H31N3S. The Bertz CT molecular complexity index is 3050. The van der Waals surface area contributed by atoms with Crippen LogP contribution in [-0.2, 0) is 5.41 Å². The molecule has 0 N–H and O–H groups in total. The molecule has 3 heterocycles. The fourth-order valence-electron chi connectivity index (χ4n) is 8.56. The van der Waals surface area contributed by atoms with Crippen LogP contribution in [0.3, 0.4) is 0 Å². The van der Waals surface area contributed by atoms with Crippen LogP contribution in [-0.4, -0.2) is 14.5 Å². The topological polar surface area (TPSA) is 30.7 Å². The van der Waals surface area contributed by atoms with E-state index in [1.165, 1.54) is 69.8 Å². The first-order chi connectivity index (χ1) is 25.1. The molecule has 0 unspecified atom stereocenters. The van der Waals surface area contributed by atoms with Gasteiger partial charge in [-0.3, -0.25) is 4.57 Å². The Hall–Kier alpha value is -6.10. The van der Waals surface area contributed by atoms with Crippen LogP contribution in [0.15, 0.2) is 152 Å². The Morgan fingerprint density at radius 3 is 2.16 bits per heavy atom. The molecule has 11 rings (SSSR count). The first-order valence-corrected chi connectivity index (χ1v) is 18.3. The van der Waals surface area contributed by atoms with Gasteiger partial charge in [0.25, 0.3) is 0 Å². The second-order valence-electron chi connectivity index (χ2n) is 14.2. The van der Waals surface area contributed by atoms with Gasteiger partial charge in [0.1, 0.15) is 0 Å². The summed E-state index contributed by atoms with van der Waals surface area (Å²) in [6, 6.07) is 54.7. The van der Waals surface area contributed by atoms with Crippen molar-refractivity contribution in [2.75, 3.05) is 0 Å². The van der Waals surface area contributed by atoms with E-state index < -0.39 is 0 Å². The van der Waals surface area contributed by atoms with E-state index >= 15 is 0 Å². The quantitative estimate of drug-likeness (QED) is 0.187. The van der Waals surface area contributed by atoms with Gasteiger partial charge in [0.2, 0.25) is 5.95 Å². The number of benzene rings is 7. The largest absolute Gasteiger partial charge is 0.276 e. The third kappa shape index (κ3) is 3.99. The molecule has 3 aromatic heterocycles. The van der Waals surface area contributed by atoms with E-state index in [-0.39, 0.29) is 5.41 Å². The Kier molecular flexibility index (Phi) is 5.89. The second-order valence-corrected chi connectivity index (χ2v) is 15.2. The van der Waals surface area contributed by atoms with E-state index in [1.54, 1.807) is 0 Å². The standard InChI is InChI=1S/C47H31N3S/c1-47(2)38-21-10-8-18-35(38)41-37-26-25-34-33-24-23-30(32-20-12-16-28-13-6-7-17-31(28)32)27-40(33)50(43(34)44(37)51-45(41)47)46-48-39-22-11-9-19-36(39)42(49-46)29-14-4-3-5-15-29/h3-27H,1-2H3. The highest BCUT2D eigenvalue weighted by atomic mass is 32.1. The van der Waals surface area contributed by atoms with Crippen molar-refractivity contribution in [3.8, 4) is 39.5 Å². The molecule has 0 aliphatic heterocycles. The summed E-state index contributed by atoms with van der Waals surface area (Å²) in [6.07, 6.45) is 0. The van der Waals surface area contributed by atoms with E-state index in [1.807, 2.05) is 11.3 Å². The summed E-state index contributed by atoms with van der Waals surface area (Å²) in [5.41, 5.74) is 11.6. The summed E-state index contributed by atoms with van der Waals surface area (Å²) in [4.78, 5) is 12.2. The second kappa shape index (κ2) is 10.5. The predicted molar refractivity (Wildman–Crippen MR) is 215 cm³/mol. The van der Waals surface area contributed by atoms with Gasteiger partial charge in [-0.1, -0.05) is 153 Å². The molecule has 1 aliphatic rings. The molecule has 10 aromatic rings. The van der Waals surface area contributed by atoms with Crippen LogP contribution < -0.4 is 0 Å². The van der Waals surface area contributed by atoms with E-state index in [2.05, 4.69) is 170 Å². The first kappa shape index (κ1) is 28.7. The average Bonchev–Trinajstić information content (AvgIpc) is 3.80. The van der Waals surface area contributed by atoms with E-state index in [0.717, 1.165) is 27.7 Å². The molecule has 0 spiro atoms. The highest BCUT2D eigenvalue weighted by Gasteiger charge is 2.39. The van der Waals surface area contributed by atoms with Gasteiger partial charge in [-0.05, 0) is 45.2 Å². The zero-order valence-electron chi connectivity index (χ0n) is 28.2. The highest BCUT2D eigenvalue weighted by molar-refractivity contribution is 7.21. The lowest BCUT2D eigenvalue weighted by molar-refractivity contribution is 0.674. The molecule has 0 amide bonds. The molecule has 0 saturated heterocycles. The minimum Gasteiger partial charge on any atom is -0.276 e. The van der Waals surface area contributed by atoms with Gasteiger partial charge < -0.3 is 0 Å². The van der Waals surface area contributed by atoms with Gasteiger partial charge in [0.05, 0.1) is 26.9 Å². The molecule has 51 heavy (non-hydrogen) atoms. The summed E-state index contributed by atoms with van der Waals surface area (Å²) in [5.74, 6) is 0.684. The SMILES string of the molecule is CC1(C)c2ccccc2-c2c1sc1c2ccc2c3ccc(-c4cccc5ccccc45)cc3n(-c3nc(-c4ccccc4)c4ccccc4n3)c21. The molecular weight excluding hydrogens is 639 g/mol. The van der Waals surface area contributed by atoms with Crippen LogP contribution in [0.1, 0.15) is 24.3 Å². The maximum absolute atomic E-state index is 5.46. The van der Waals surface area contributed by atoms with Crippen LogP contribution in [0.25, 0.3) is 93.0 Å². The molecule has 0 saturated carbocycles. The third-order valence-corrected chi connectivity index (χ3v) is 12.5. The Morgan fingerprint density at radius 1 is 0.549 bits per heavy atom. The summed E-state index contributed by atoms with van der Waals surface area (Å²) in [5, 5.41) is 7.23. The minimum absolute atomic E-state index is 0.0831. The lowest BCUT2D eigenvalue weighted by Gasteiger charge is -2.19. The zero-order chi connectivity index (χ0) is 33.8. The number of hydrogen-bond acceptors (Lipinski definition) is 3. The van der Waals surface area contributed by atoms with Crippen LogP contribution in [0.2, 0.25) is 0 Å². The van der Waals surface area contributed by atoms with Crippen molar-refractivity contribution >= 4 is 64.9 Å². The maximum atomic E-state index is 5.46. The Balaban J connectivity index is 1.29. The molecule has 7 aromatic carbocycles. The summed E-state index contributed by atoms with van der Waals surface area (Å²) < 4.78 is 3.63. The molecule has 4 heteroatoms. The van der Waals surface area contributed by atoms with Crippen molar-refractivity contribution in [3.05, 3.63) is 162 Å². The number of thiophene rings is 1. The van der Waals surface area contributed by atoms with Gasteiger partial charge in [-0.15, -0.1) is 11.3 Å². The monoisotopic (exact) mass is 669 g/mol. The number of para-hydroxylation sites is 1. The van der Waals surface area contributed by atoms with Crippen molar-refractivity contribution in [3.63, 3.8) is 0 Å². The van der Waals surface area contributed by atoms with Gasteiger partial charge in [0, 0.05) is 43.0 Å². The van der Waals surface area contributed by atoms with Gasteiger partial charge in [-0.2, -0.15) is 0 Å². The molecule has 1 aliphatic carbocycles. The molecule has 0 bridgehead atoms. The first-order valence-electron chi connectivity index (χ1n) is 17.5. The van der Waals surface area contributed by atoms with Crippen molar-refractivity contribution in [2.45, 2.75) is 19.3 Å². The molecule has 0 fully saturated rings. The smallest absolute Gasteiger partial charge is 0.235 e. The van der Waals surface area contributed by atoms with E-state index in [9.17, 15) is 0 Å². The van der Waals surface area contributed by atoms with Crippen molar-refractivity contribution in [2.24, 2.45) is 0 Å². The van der Waals surface area contributed by atoms with Crippen molar-refractivity contribution < 1.29 is 0 Å². The number of fused-ring (bicyclic) bond motifs is 11. The summed E-state index contributed by atoms with van der Waals surface area (Å²) in [6.45, 7) is 4.74. The van der Waals surface area contributed by atoms with E-state index in [0.29, 0.717) is 5.95 Å². The lowest BCUT2D eigenvalue weighted by Crippen LogP contribution is -2.13. The fraction of sp³-hybridized carbons (Fsp3) is 0.0638.